The highest BCUT2D eigenvalue weighted by atomic mass is 16.5. The van der Waals surface area contributed by atoms with Crippen molar-refractivity contribution in [2.75, 3.05) is 26.6 Å². The quantitative estimate of drug-likeness (QED) is 0.353. The molecule has 2 aromatic carbocycles. The molecule has 0 saturated carbocycles. The van der Waals surface area contributed by atoms with Crippen molar-refractivity contribution in [2.24, 2.45) is 4.99 Å². The standard InChI is InChI=1S/C27H35N5O4/c1-9-32-19(5)21(18(4)31-32)15-28-27(29-22-12-16(2)10-11-17(22)3)30-26(33)20-13-23(34-6)25(36-8)24(14-20)35-7/h10-14H,9,15H2,1-8H3,(H2,28,29,30,33). The van der Waals surface area contributed by atoms with E-state index in [4.69, 9.17) is 19.2 Å². The zero-order valence-corrected chi connectivity index (χ0v) is 22.3. The Balaban J connectivity index is 1.98. The van der Waals surface area contributed by atoms with E-state index in [0.29, 0.717) is 35.3 Å². The van der Waals surface area contributed by atoms with Gasteiger partial charge in [-0.25, -0.2) is 4.99 Å². The number of aliphatic imine (C=N–C) groups is 1. The Hall–Kier alpha value is -4.01. The molecule has 1 heterocycles. The lowest BCUT2D eigenvalue weighted by Crippen LogP contribution is -2.36. The monoisotopic (exact) mass is 493 g/mol. The van der Waals surface area contributed by atoms with Crippen LogP contribution in [0.2, 0.25) is 0 Å². The third-order valence-electron chi connectivity index (χ3n) is 6.03. The lowest BCUT2D eigenvalue weighted by atomic mass is 10.1. The number of benzene rings is 2. The van der Waals surface area contributed by atoms with E-state index >= 15 is 0 Å². The highest BCUT2D eigenvalue weighted by molar-refractivity contribution is 6.10. The summed E-state index contributed by atoms with van der Waals surface area (Å²) in [5.74, 6) is 1.15. The fourth-order valence-electron chi connectivity index (χ4n) is 3.93. The lowest BCUT2D eigenvalue weighted by Gasteiger charge is -2.16. The van der Waals surface area contributed by atoms with E-state index < -0.39 is 0 Å². The van der Waals surface area contributed by atoms with Gasteiger partial charge in [0, 0.05) is 29.1 Å². The van der Waals surface area contributed by atoms with Crippen LogP contribution < -0.4 is 24.8 Å². The van der Waals surface area contributed by atoms with Crippen LogP contribution in [0.4, 0.5) is 5.69 Å². The second-order valence-electron chi connectivity index (χ2n) is 8.44. The average molecular weight is 494 g/mol. The van der Waals surface area contributed by atoms with Crippen molar-refractivity contribution in [1.29, 1.82) is 0 Å². The molecule has 0 unspecified atom stereocenters. The molecule has 36 heavy (non-hydrogen) atoms. The summed E-state index contributed by atoms with van der Waals surface area (Å²) in [6.45, 7) is 11.2. The van der Waals surface area contributed by atoms with E-state index in [0.717, 1.165) is 40.3 Å². The van der Waals surface area contributed by atoms with Crippen molar-refractivity contribution in [3.63, 3.8) is 0 Å². The van der Waals surface area contributed by atoms with Gasteiger partial charge < -0.3 is 19.5 Å². The number of anilines is 1. The summed E-state index contributed by atoms with van der Waals surface area (Å²) < 4.78 is 18.1. The normalized spacial score (nSPS) is 11.3. The molecular weight excluding hydrogens is 458 g/mol. The molecular formula is C27H35N5O4. The number of aromatic nitrogens is 2. The van der Waals surface area contributed by atoms with Crippen LogP contribution in [-0.4, -0.2) is 43.0 Å². The minimum Gasteiger partial charge on any atom is -0.493 e. The number of carbonyl (C=O) groups excluding carboxylic acids is 1. The summed E-state index contributed by atoms with van der Waals surface area (Å²) >= 11 is 0. The highest BCUT2D eigenvalue weighted by Crippen LogP contribution is 2.38. The predicted octanol–water partition coefficient (Wildman–Crippen LogP) is 4.56. The summed E-state index contributed by atoms with van der Waals surface area (Å²) in [4.78, 5) is 18.1. The Bertz CT molecular complexity index is 1250. The van der Waals surface area contributed by atoms with Gasteiger partial charge in [-0.2, -0.15) is 5.10 Å². The largest absolute Gasteiger partial charge is 0.493 e. The Morgan fingerprint density at radius 1 is 1.00 bits per heavy atom. The molecule has 9 nitrogen and oxygen atoms in total. The van der Waals surface area contributed by atoms with Gasteiger partial charge in [-0.1, -0.05) is 12.1 Å². The van der Waals surface area contributed by atoms with E-state index in [-0.39, 0.29) is 5.91 Å². The molecule has 2 N–H and O–H groups in total. The van der Waals surface area contributed by atoms with Crippen molar-refractivity contribution < 1.29 is 19.0 Å². The van der Waals surface area contributed by atoms with E-state index in [1.54, 1.807) is 12.1 Å². The van der Waals surface area contributed by atoms with Crippen LogP contribution in [-0.2, 0) is 13.1 Å². The number of hydrogen-bond donors (Lipinski definition) is 2. The van der Waals surface area contributed by atoms with Gasteiger partial charge in [-0.15, -0.1) is 0 Å². The third-order valence-corrected chi connectivity index (χ3v) is 6.03. The van der Waals surface area contributed by atoms with Crippen LogP contribution in [0.5, 0.6) is 17.2 Å². The highest BCUT2D eigenvalue weighted by Gasteiger charge is 2.19. The second kappa shape index (κ2) is 11.6. The van der Waals surface area contributed by atoms with Crippen molar-refractivity contribution in [3.05, 3.63) is 64.0 Å². The molecule has 0 fully saturated rings. The maximum absolute atomic E-state index is 13.3. The topological polar surface area (TPSA) is 99.0 Å². The SMILES string of the molecule is CCn1nc(C)c(CN=C(NC(=O)c2cc(OC)c(OC)c(OC)c2)Nc2cc(C)ccc2C)c1C. The van der Waals surface area contributed by atoms with Crippen LogP contribution in [0.15, 0.2) is 35.3 Å². The fraction of sp³-hybridized carbons (Fsp3) is 0.370. The number of ether oxygens (including phenoxy) is 3. The number of methoxy groups -OCH3 is 3. The number of hydrogen-bond acceptors (Lipinski definition) is 6. The molecule has 0 saturated heterocycles. The first-order valence-electron chi connectivity index (χ1n) is 11.7. The van der Waals surface area contributed by atoms with Gasteiger partial charge in [0.15, 0.2) is 11.5 Å². The molecule has 0 aliphatic rings. The van der Waals surface area contributed by atoms with Gasteiger partial charge in [-0.3, -0.25) is 14.8 Å². The number of nitrogens with zero attached hydrogens (tertiary/aromatic N) is 3. The number of rotatable bonds is 8. The van der Waals surface area contributed by atoms with E-state index in [9.17, 15) is 4.79 Å². The molecule has 1 aromatic heterocycles. The van der Waals surface area contributed by atoms with E-state index in [1.807, 2.05) is 50.6 Å². The summed E-state index contributed by atoms with van der Waals surface area (Å²) in [5.41, 5.74) is 6.32. The van der Waals surface area contributed by atoms with Crippen LogP contribution in [0.25, 0.3) is 0 Å². The van der Waals surface area contributed by atoms with Gasteiger partial charge in [0.2, 0.25) is 11.7 Å². The second-order valence-corrected chi connectivity index (χ2v) is 8.44. The first-order valence-corrected chi connectivity index (χ1v) is 11.7. The van der Waals surface area contributed by atoms with Crippen LogP contribution in [0.1, 0.15) is 45.4 Å². The van der Waals surface area contributed by atoms with Crippen LogP contribution in [0, 0.1) is 27.7 Å². The fourth-order valence-corrected chi connectivity index (χ4v) is 3.93. The minimum absolute atomic E-state index is 0.325. The molecule has 1 amide bonds. The van der Waals surface area contributed by atoms with Crippen LogP contribution in [0.3, 0.4) is 0 Å². The van der Waals surface area contributed by atoms with Crippen molar-refractivity contribution in [2.45, 2.75) is 47.7 Å². The first kappa shape index (κ1) is 26.6. The van der Waals surface area contributed by atoms with E-state index in [2.05, 4.69) is 22.7 Å². The summed E-state index contributed by atoms with van der Waals surface area (Å²) in [6.07, 6.45) is 0. The van der Waals surface area contributed by atoms with Crippen molar-refractivity contribution in [1.82, 2.24) is 15.1 Å². The molecule has 0 atom stereocenters. The number of aryl methyl sites for hydroxylation is 4. The maximum Gasteiger partial charge on any atom is 0.258 e. The number of nitrogens with one attached hydrogen (secondary N) is 2. The number of amides is 1. The molecule has 0 bridgehead atoms. The third kappa shape index (κ3) is 5.79. The molecule has 0 aliphatic heterocycles. The average Bonchev–Trinajstić information content (AvgIpc) is 3.15. The molecule has 9 heteroatoms. The Labute approximate surface area is 212 Å². The predicted molar refractivity (Wildman–Crippen MR) is 142 cm³/mol. The summed E-state index contributed by atoms with van der Waals surface area (Å²) in [5, 5.41) is 10.8. The lowest BCUT2D eigenvalue weighted by molar-refractivity contribution is 0.0976. The van der Waals surface area contributed by atoms with Crippen LogP contribution >= 0.6 is 0 Å². The molecule has 3 rings (SSSR count). The Kier molecular flexibility index (Phi) is 8.58. The molecule has 0 aliphatic carbocycles. The molecule has 0 radical (unpaired) electrons. The van der Waals surface area contributed by atoms with Gasteiger partial charge in [0.1, 0.15) is 0 Å². The van der Waals surface area contributed by atoms with Crippen molar-refractivity contribution in [3.8, 4) is 17.2 Å². The first-order chi connectivity index (χ1) is 17.2. The van der Waals surface area contributed by atoms with Crippen molar-refractivity contribution >= 4 is 17.6 Å². The summed E-state index contributed by atoms with van der Waals surface area (Å²) in [6, 6.07) is 9.28. The van der Waals surface area contributed by atoms with Gasteiger partial charge in [0.05, 0.1) is 33.6 Å². The Morgan fingerprint density at radius 3 is 2.22 bits per heavy atom. The number of carbonyl (C=O) groups is 1. The zero-order valence-electron chi connectivity index (χ0n) is 22.3. The maximum atomic E-state index is 13.3. The molecule has 192 valence electrons. The Morgan fingerprint density at radius 2 is 1.67 bits per heavy atom. The van der Waals surface area contributed by atoms with Gasteiger partial charge >= 0.3 is 0 Å². The van der Waals surface area contributed by atoms with E-state index in [1.165, 1.54) is 21.3 Å². The molecule has 0 spiro atoms. The minimum atomic E-state index is -0.372. The smallest absolute Gasteiger partial charge is 0.258 e. The van der Waals surface area contributed by atoms with Gasteiger partial charge in [-0.05, 0) is 63.9 Å². The zero-order chi connectivity index (χ0) is 26.4. The summed E-state index contributed by atoms with van der Waals surface area (Å²) in [7, 11) is 4.54. The van der Waals surface area contributed by atoms with Gasteiger partial charge in [0.25, 0.3) is 5.91 Å². The number of guanidine groups is 1. The molecule has 3 aromatic rings.